The van der Waals surface area contributed by atoms with Crippen LogP contribution in [0.1, 0.15) is 412 Å². The van der Waals surface area contributed by atoms with Crippen LogP contribution < -0.4 is 0 Å². The zero-order valence-electron chi connectivity index (χ0n) is 63.2. The molecule has 0 fully saturated rings. The van der Waals surface area contributed by atoms with Gasteiger partial charge in [0.1, 0.15) is 19.8 Å². The summed E-state index contributed by atoms with van der Waals surface area (Å²) < 4.78 is 34.9. The van der Waals surface area contributed by atoms with Crippen LogP contribution in [0.25, 0.3) is 0 Å². The molecule has 1 N–H and O–H groups in total. The predicted molar refractivity (Wildman–Crippen MR) is 409 cm³/mol. The third-order valence-corrected chi connectivity index (χ3v) is 19.5. The molecule has 0 amide bonds. The van der Waals surface area contributed by atoms with Gasteiger partial charge >= 0.3 is 19.8 Å². The summed E-state index contributed by atoms with van der Waals surface area (Å²) in [7, 11) is 1.50. The first-order valence-corrected chi connectivity index (χ1v) is 42.5. The molecule has 0 saturated carbocycles. The highest BCUT2D eigenvalue weighted by Crippen LogP contribution is 2.43. The fraction of sp³-hybridized carbons (Fsp3) is 0.857. The van der Waals surface area contributed by atoms with Crippen molar-refractivity contribution in [3.63, 3.8) is 0 Å². The zero-order chi connectivity index (χ0) is 68.3. The van der Waals surface area contributed by atoms with E-state index in [9.17, 15) is 19.0 Å². The monoisotopic (exact) mass is 1340 g/mol. The second kappa shape index (κ2) is 74.9. The molecule has 0 aromatic carbocycles. The maximum Gasteiger partial charge on any atom is 0.472 e. The number of hydrogen-bond donors (Lipinski definition) is 1. The number of phosphoric ester groups is 1. The lowest BCUT2D eigenvalue weighted by Crippen LogP contribution is -2.37. The van der Waals surface area contributed by atoms with E-state index in [0.29, 0.717) is 23.9 Å². The number of allylic oxidation sites excluding steroid dienone is 10. The minimum atomic E-state index is -4.39. The Morgan fingerprint density at radius 1 is 0.340 bits per heavy atom. The normalized spacial score (nSPS) is 13.3. The summed E-state index contributed by atoms with van der Waals surface area (Å²) in [5.41, 5.74) is 0. The maximum absolute atomic E-state index is 12.9. The highest BCUT2D eigenvalue weighted by atomic mass is 31.2. The lowest BCUT2D eigenvalue weighted by atomic mass is 10.0. The molecule has 0 spiro atoms. The Labute approximate surface area is 585 Å². The third-order valence-electron chi connectivity index (χ3n) is 18.6. The number of unbranched alkanes of at least 4 members (excludes halogenated alkanes) is 53. The minimum Gasteiger partial charge on any atom is -0.462 e. The Kier molecular flexibility index (Phi) is 73.1. The van der Waals surface area contributed by atoms with E-state index in [4.69, 9.17) is 18.5 Å². The van der Waals surface area contributed by atoms with Crippen molar-refractivity contribution in [2.45, 2.75) is 418 Å². The van der Waals surface area contributed by atoms with E-state index >= 15 is 0 Å². The first kappa shape index (κ1) is 91.7. The fourth-order valence-corrected chi connectivity index (χ4v) is 13.1. The molecule has 94 heavy (non-hydrogen) atoms. The second-order valence-electron chi connectivity index (χ2n) is 29.1. The van der Waals surface area contributed by atoms with Gasteiger partial charge in [-0.05, 0) is 57.8 Å². The lowest BCUT2D eigenvalue weighted by molar-refractivity contribution is -0.870. The van der Waals surface area contributed by atoms with Gasteiger partial charge < -0.3 is 18.9 Å². The Balaban J connectivity index is 3.90. The summed E-state index contributed by atoms with van der Waals surface area (Å²) in [6.45, 7) is 4.40. The van der Waals surface area contributed by atoms with Gasteiger partial charge in [0.2, 0.25) is 0 Å². The van der Waals surface area contributed by atoms with E-state index in [1.165, 1.54) is 315 Å². The molecule has 2 unspecified atom stereocenters. The summed E-state index contributed by atoms with van der Waals surface area (Å²) in [6, 6.07) is 0. The predicted octanol–water partition coefficient (Wildman–Crippen LogP) is 27.3. The Morgan fingerprint density at radius 2 is 0.606 bits per heavy atom. The SMILES string of the molecule is CC/C=C\C/C=C\C/C=C\C/C=C\C/C=C\CCCCCCCCCCCCCCCCCCCCCCCC(=O)OC(COC(=O)CCCCCCCCCCCCCCCCCCCCCCCCCCCCCCCCCCC)COP(=O)(O)OCC[N+](C)(C)C. The maximum atomic E-state index is 12.9. The van der Waals surface area contributed by atoms with Crippen molar-refractivity contribution in [3.8, 4) is 0 Å². The number of quaternary nitrogens is 1. The number of ether oxygens (including phenoxy) is 2. The van der Waals surface area contributed by atoms with E-state index in [-0.39, 0.29) is 25.6 Å². The van der Waals surface area contributed by atoms with E-state index in [1.54, 1.807) is 0 Å². The van der Waals surface area contributed by atoms with E-state index in [0.717, 1.165) is 64.2 Å². The topological polar surface area (TPSA) is 108 Å². The summed E-state index contributed by atoms with van der Waals surface area (Å²) in [5.74, 6) is -0.772. The fourth-order valence-electron chi connectivity index (χ4n) is 12.3. The largest absolute Gasteiger partial charge is 0.472 e. The van der Waals surface area contributed by atoms with Crippen LogP contribution >= 0.6 is 7.82 Å². The molecule has 0 heterocycles. The van der Waals surface area contributed by atoms with Crippen molar-refractivity contribution in [2.75, 3.05) is 47.5 Å². The first-order valence-electron chi connectivity index (χ1n) is 41.0. The van der Waals surface area contributed by atoms with E-state index in [1.807, 2.05) is 21.1 Å². The highest BCUT2D eigenvalue weighted by Gasteiger charge is 2.27. The van der Waals surface area contributed by atoms with Crippen LogP contribution in [0.2, 0.25) is 0 Å². The number of rotatable bonds is 77. The molecule has 0 aliphatic rings. The molecule has 0 radical (unpaired) electrons. The van der Waals surface area contributed by atoms with Gasteiger partial charge in [-0.1, -0.05) is 402 Å². The van der Waals surface area contributed by atoms with Gasteiger partial charge in [0.05, 0.1) is 27.7 Å². The van der Waals surface area contributed by atoms with Crippen LogP contribution in [-0.2, 0) is 32.7 Å². The summed E-state index contributed by atoms with van der Waals surface area (Å²) in [6.07, 6.45) is 101. The number of carbonyl (C=O) groups is 2. The molecule has 0 aromatic rings. The van der Waals surface area contributed by atoms with Gasteiger partial charge in [-0.25, -0.2) is 4.57 Å². The van der Waals surface area contributed by atoms with Crippen LogP contribution in [0.5, 0.6) is 0 Å². The zero-order valence-corrected chi connectivity index (χ0v) is 64.1. The molecule has 0 rings (SSSR count). The molecular formula is C84H159NO8P+. The Bertz CT molecular complexity index is 1770. The van der Waals surface area contributed by atoms with Crippen molar-refractivity contribution in [1.82, 2.24) is 0 Å². The number of nitrogens with zero attached hydrogens (tertiary/aromatic N) is 1. The van der Waals surface area contributed by atoms with Gasteiger partial charge in [0.15, 0.2) is 6.10 Å². The van der Waals surface area contributed by atoms with Crippen molar-refractivity contribution >= 4 is 19.8 Å². The highest BCUT2D eigenvalue weighted by molar-refractivity contribution is 7.47. The third kappa shape index (κ3) is 78.7. The number of esters is 2. The molecule has 10 heteroatoms. The Hall–Kier alpha value is -2.29. The molecule has 0 bridgehead atoms. The van der Waals surface area contributed by atoms with Crippen LogP contribution in [0.3, 0.4) is 0 Å². The minimum absolute atomic E-state index is 0.0344. The first-order chi connectivity index (χ1) is 46.0. The Morgan fingerprint density at radius 3 is 0.904 bits per heavy atom. The van der Waals surface area contributed by atoms with Crippen molar-refractivity contribution < 1.29 is 42.1 Å². The molecule has 552 valence electrons. The summed E-state index contributed by atoms with van der Waals surface area (Å²) in [5, 5.41) is 0. The van der Waals surface area contributed by atoms with Gasteiger partial charge in [-0.15, -0.1) is 0 Å². The smallest absolute Gasteiger partial charge is 0.462 e. The van der Waals surface area contributed by atoms with Crippen LogP contribution in [0, 0.1) is 0 Å². The molecular weight excluding hydrogens is 1180 g/mol. The molecule has 0 aromatic heterocycles. The van der Waals surface area contributed by atoms with Gasteiger partial charge in [-0.2, -0.15) is 0 Å². The van der Waals surface area contributed by atoms with Crippen LogP contribution in [-0.4, -0.2) is 74.9 Å². The molecule has 0 aliphatic heterocycles. The van der Waals surface area contributed by atoms with E-state index in [2.05, 4.69) is 74.6 Å². The number of likely N-dealkylation sites (N-methyl/N-ethyl adjacent to an activating group) is 1. The van der Waals surface area contributed by atoms with Crippen molar-refractivity contribution in [3.05, 3.63) is 60.8 Å². The molecule has 2 atom stereocenters. The van der Waals surface area contributed by atoms with Crippen LogP contribution in [0.15, 0.2) is 60.8 Å². The average Bonchev–Trinajstić information content (AvgIpc) is 1.56. The van der Waals surface area contributed by atoms with E-state index < -0.39 is 26.5 Å². The lowest BCUT2D eigenvalue weighted by Gasteiger charge is -2.24. The molecule has 0 saturated heterocycles. The van der Waals surface area contributed by atoms with Crippen molar-refractivity contribution in [1.29, 1.82) is 0 Å². The van der Waals surface area contributed by atoms with Gasteiger partial charge in [-0.3, -0.25) is 18.6 Å². The average molecular weight is 1340 g/mol. The summed E-state index contributed by atoms with van der Waals surface area (Å²) >= 11 is 0. The standard InChI is InChI=1S/C84H158NO8P/c1-6-8-10-12-14-16-18-20-22-24-26-28-30-32-34-36-38-40-41-42-43-45-47-49-51-53-55-57-59-61-63-65-67-69-71-73-75-77-84(87)93-82(81-92-94(88,89)91-79-78-85(3,4)5)80-90-83(86)76-74-72-70-68-66-64-62-60-58-56-54-52-50-48-46-44-39-37-35-33-31-29-27-25-23-21-19-17-15-13-11-9-7-2/h8,10,14,16,20,22,26,28,32,34,82H,6-7,9,11-13,15,17-19,21,23-25,27,29-31,33,35-81H2,1-5H3/p+1/b10-8-,16-14-,22-20-,28-26-,34-32-. The number of hydrogen-bond acceptors (Lipinski definition) is 7. The van der Waals surface area contributed by atoms with Crippen molar-refractivity contribution in [2.24, 2.45) is 0 Å². The number of phosphoric acid groups is 1. The van der Waals surface area contributed by atoms with Gasteiger partial charge in [0.25, 0.3) is 0 Å². The second-order valence-corrected chi connectivity index (χ2v) is 30.6. The molecule has 9 nitrogen and oxygen atoms in total. The van der Waals surface area contributed by atoms with Gasteiger partial charge in [0, 0.05) is 12.8 Å². The summed E-state index contributed by atoms with van der Waals surface area (Å²) in [4.78, 5) is 36.0. The van der Waals surface area contributed by atoms with Crippen LogP contribution in [0.4, 0.5) is 0 Å². The molecule has 0 aliphatic carbocycles. The number of carbonyl (C=O) groups excluding carboxylic acids is 2. The quantitative estimate of drug-likeness (QED) is 0.0211.